The number of benzene rings is 1. The molecule has 1 N–H and O–H groups in total. The van der Waals surface area contributed by atoms with Gasteiger partial charge in [0.1, 0.15) is 5.75 Å². The highest BCUT2D eigenvalue weighted by molar-refractivity contribution is 6.32. The van der Waals surface area contributed by atoms with Crippen LogP contribution in [0.1, 0.15) is 22.8 Å². The van der Waals surface area contributed by atoms with Crippen LogP contribution in [0.4, 0.5) is 0 Å². The van der Waals surface area contributed by atoms with Gasteiger partial charge < -0.3 is 10.1 Å². The lowest BCUT2D eigenvalue weighted by Gasteiger charge is -2.09. The van der Waals surface area contributed by atoms with Crippen molar-refractivity contribution in [3.63, 3.8) is 0 Å². The van der Waals surface area contributed by atoms with Crippen molar-refractivity contribution in [1.29, 1.82) is 0 Å². The molecule has 0 unspecified atom stereocenters. The third kappa shape index (κ3) is 4.92. The van der Waals surface area contributed by atoms with Crippen molar-refractivity contribution in [2.75, 3.05) is 6.61 Å². The minimum absolute atomic E-state index is 0. The first-order valence-corrected chi connectivity index (χ1v) is 6.68. The van der Waals surface area contributed by atoms with Crippen LogP contribution in [0.25, 0.3) is 0 Å². The Morgan fingerprint density at radius 1 is 1.38 bits per heavy atom. The van der Waals surface area contributed by atoms with Gasteiger partial charge >= 0.3 is 0 Å². The topological polar surface area (TPSA) is 51.2 Å². The molecule has 1 aromatic carbocycles. The van der Waals surface area contributed by atoms with Crippen molar-refractivity contribution < 1.29 is 9.53 Å². The number of amides is 1. The van der Waals surface area contributed by atoms with Gasteiger partial charge in [0.25, 0.3) is 5.91 Å². The van der Waals surface area contributed by atoms with E-state index in [9.17, 15) is 4.79 Å². The molecule has 0 saturated heterocycles. The summed E-state index contributed by atoms with van der Waals surface area (Å²) in [4.78, 5) is 15.8. The van der Waals surface area contributed by atoms with Gasteiger partial charge in [-0.15, -0.1) is 12.4 Å². The lowest BCUT2D eigenvalue weighted by molar-refractivity contribution is 0.0950. The fourth-order valence-electron chi connectivity index (χ4n) is 1.71. The number of carbonyl (C=O) groups is 1. The number of nitrogens with zero attached hydrogens (tertiary/aromatic N) is 1. The maximum absolute atomic E-state index is 11.9. The van der Waals surface area contributed by atoms with E-state index in [0.717, 1.165) is 5.56 Å². The highest BCUT2D eigenvalue weighted by Crippen LogP contribution is 2.25. The predicted octanol–water partition coefficient (Wildman–Crippen LogP) is 3.49. The number of hydrogen-bond donors (Lipinski definition) is 1. The van der Waals surface area contributed by atoms with Crippen LogP contribution in [-0.2, 0) is 6.54 Å². The summed E-state index contributed by atoms with van der Waals surface area (Å²) in [6.45, 7) is 2.87. The van der Waals surface area contributed by atoms with Gasteiger partial charge in [-0.25, -0.2) is 0 Å². The fraction of sp³-hybridized carbons (Fsp3) is 0.200. The number of hydrogen-bond acceptors (Lipinski definition) is 3. The first-order chi connectivity index (χ1) is 9.70. The van der Waals surface area contributed by atoms with E-state index >= 15 is 0 Å². The van der Waals surface area contributed by atoms with E-state index in [-0.39, 0.29) is 18.3 Å². The molecule has 1 aromatic heterocycles. The lowest BCUT2D eigenvalue weighted by Crippen LogP contribution is -2.22. The normalized spacial score (nSPS) is 9.62. The summed E-state index contributed by atoms with van der Waals surface area (Å²) < 4.78 is 5.36. The summed E-state index contributed by atoms with van der Waals surface area (Å²) in [7, 11) is 0. The number of aromatic nitrogens is 1. The molecular formula is C15H16Cl2N2O2. The zero-order valence-corrected chi connectivity index (χ0v) is 13.1. The first-order valence-electron chi connectivity index (χ1n) is 6.30. The quantitative estimate of drug-likeness (QED) is 0.915. The van der Waals surface area contributed by atoms with Crippen molar-refractivity contribution in [1.82, 2.24) is 10.3 Å². The molecule has 6 heteroatoms. The predicted molar refractivity (Wildman–Crippen MR) is 85.3 cm³/mol. The smallest absolute Gasteiger partial charge is 0.253 e. The third-order valence-electron chi connectivity index (χ3n) is 2.67. The largest absolute Gasteiger partial charge is 0.492 e. The zero-order valence-electron chi connectivity index (χ0n) is 11.5. The Kier molecular flexibility index (Phi) is 6.99. The summed E-state index contributed by atoms with van der Waals surface area (Å²) in [5.41, 5.74) is 1.44. The van der Waals surface area contributed by atoms with Gasteiger partial charge in [-0.3, -0.25) is 9.78 Å². The van der Waals surface area contributed by atoms with Crippen molar-refractivity contribution in [2.45, 2.75) is 13.5 Å². The summed E-state index contributed by atoms with van der Waals surface area (Å²) >= 11 is 6.09. The summed E-state index contributed by atoms with van der Waals surface area (Å²) in [5, 5.41) is 3.36. The molecule has 1 heterocycles. The molecular weight excluding hydrogens is 311 g/mol. The zero-order chi connectivity index (χ0) is 14.4. The highest BCUT2D eigenvalue weighted by atomic mass is 35.5. The Labute approximate surface area is 134 Å². The van der Waals surface area contributed by atoms with Gasteiger partial charge in [0.2, 0.25) is 0 Å². The molecule has 0 atom stereocenters. The number of ether oxygens (including phenoxy) is 1. The standard InChI is InChI=1S/C15H15ClN2O2.ClH/c1-2-20-14-6-5-11(8-13(14)16)9-18-15(19)12-4-3-7-17-10-12;/h3-8,10H,2,9H2,1H3,(H,18,19);1H. The van der Waals surface area contributed by atoms with Gasteiger partial charge in [-0.1, -0.05) is 17.7 Å². The molecule has 1 amide bonds. The van der Waals surface area contributed by atoms with Gasteiger partial charge in [0.05, 0.1) is 17.2 Å². The average Bonchev–Trinajstić information content (AvgIpc) is 2.48. The molecule has 4 nitrogen and oxygen atoms in total. The number of nitrogens with one attached hydrogen (secondary N) is 1. The number of halogens is 2. The third-order valence-corrected chi connectivity index (χ3v) is 2.97. The Morgan fingerprint density at radius 2 is 2.19 bits per heavy atom. The van der Waals surface area contributed by atoms with Crippen LogP contribution in [0.15, 0.2) is 42.7 Å². The molecule has 0 radical (unpaired) electrons. The first kappa shape index (κ1) is 17.3. The fourth-order valence-corrected chi connectivity index (χ4v) is 1.97. The van der Waals surface area contributed by atoms with E-state index in [1.807, 2.05) is 13.0 Å². The minimum atomic E-state index is -0.164. The van der Waals surface area contributed by atoms with E-state index in [1.54, 1.807) is 30.5 Å². The molecule has 0 aliphatic carbocycles. The number of carbonyl (C=O) groups excluding carboxylic acids is 1. The molecule has 112 valence electrons. The van der Waals surface area contributed by atoms with Crippen molar-refractivity contribution in [3.05, 3.63) is 58.9 Å². The molecule has 0 saturated carbocycles. The van der Waals surface area contributed by atoms with Crippen LogP contribution >= 0.6 is 24.0 Å². The SMILES string of the molecule is CCOc1ccc(CNC(=O)c2cccnc2)cc1Cl.Cl. The molecule has 0 aliphatic heterocycles. The van der Waals surface area contributed by atoms with Crippen LogP contribution in [0.3, 0.4) is 0 Å². The molecule has 0 spiro atoms. The van der Waals surface area contributed by atoms with Crippen LogP contribution in [0, 0.1) is 0 Å². The minimum Gasteiger partial charge on any atom is -0.492 e. The highest BCUT2D eigenvalue weighted by Gasteiger charge is 2.06. The molecule has 0 fully saturated rings. The van der Waals surface area contributed by atoms with Crippen molar-refractivity contribution >= 4 is 29.9 Å². The van der Waals surface area contributed by atoms with E-state index in [4.69, 9.17) is 16.3 Å². The average molecular weight is 327 g/mol. The van der Waals surface area contributed by atoms with Crippen LogP contribution in [-0.4, -0.2) is 17.5 Å². The Morgan fingerprint density at radius 3 is 2.81 bits per heavy atom. The summed E-state index contributed by atoms with van der Waals surface area (Å²) in [5.74, 6) is 0.486. The second-order valence-electron chi connectivity index (χ2n) is 4.12. The van der Waals surface area contributed by atoms with Crippen LogP contribution < -0.4 is 10.1 Å². The molecule has 0 aliphatic rings. The molecule has 2 rings (SSSR count). The van der Waals surface area contributed by atoms with E-state index in [2.05, 4.69) is 10.3 Å². The monoisotopic (exact) mass is 326 g/mol. The molecule has 2 aromatic rings. The van der Waals surface area contributed by atoms with Gasteiger partial charge in [0.15, 0.2) is 0 Å². The van der Waals surface area contributed by atoms with Gasteiger partial charge in [0, 0.05) is 18.9 Å². The van der Waals surface area contributed by atoms with E-state index < -0.39 is 0 Å². The van der Waals surface area contributed by atoms with Crippen molar-refractivity contribution in [3.8, 4) is 5.75 Å². The van der Waals surface area contributed by atoms with Crippen LogP contribution in [0.2, 0.25) is 5.02 Å². The maximum atomic E-state index is 11.9. The Hall–Kier alpha value is -1.78. The second kappa shape index (κ2) is 8.49. The van der Waals surface area contributed by atoms with Crippen molar-refractivity contribution in [2.24, 2.45) is 0 Å². The van der Waals surface area contributed by atoms with E-state index in [0.29, 0.717) is 29.5 Å². The summed E-state index contributed by atoms with van der Waals surface area (Å²) in [6.07, 6.45) is 3.16. The number of pyridine rings is 1. The Balaban J connectivity index is 0.00000220. The van der Waals surface area contributed by atoms with E-state index in [1.165, 1.54) is 6.20 Å². The lowest BCUT2D eigenvalue weighted by atomic mass is 10.2. The Bertz CT molecular complexity index is 591. The molecule has 21 heavy (non-hydrogen) atoms. The number of rotatable bonds is 5. The summed E-state index contributed by atoms with van der Waals surface area (Å²) in [6, 6.07) is 8.91. The molecule has 0 bridgehead atoms. The van der Waals surface area contributed by atoms with Crippen LogP contribution in [0.5, 0.6) is 5.75 Å². The maximum Gasteiger partial charge on any atom is 0.253 e. The van der Waals surface area contributed by atoms with Gasteiger partial charge in [-0.2, -0.15) is 0 Å². The second-order valence-corrected chi connectivity index (χ2v) is 4.53. The van der Waals surface area contributed by atoms with Gasteiger partial charge in [-0.05, 0) is 36.8 Å².